The van der Waals surface area contributed by atoms with Crippen LogP contribution in [0.4, 0.5) is 5.69 Å². The van der Waals surface area contributed by atoms with Gasteiger partial charge in [0.15, 0.2) is 12.2 Å². The second-order valence-electron chi connectivity index (χ2n) is 5.86. The molecule has 6 heteroatoms. The lowest BCUT2D eigenvalue weighted by Gasteiger charge is -2.07. The van der Waals surface area contributed by atoms with Crippen LogP contribution in [0.15, 0.2) is 77.2 Å². The van der Waals surface area contributed by atoms with Crippen molar-refractivity contribution in [2.24, 2.45) is 0 Å². The second-order valence-corrected chi connectivity index (χ2v) is 6.30. The first-order chi connectivity index (χ1) is 13.2. The maximum absolute atomic E-state index is 12.1. The molecule has 0 atom stereocenters. The van der Waals surface area contributed by atoms with Gasteiger partial charge in [0.1, 0.15) is 11.3 Å². The van der Waals surface area contributed by atoms with Crippen LogP contribution in [-0.2, 0) is 4.79 Å². The number of hydrogen-bond acceptors (Lipinski definition) is 4. The topological polar surface area (TPSA) is 64.4 Å². The van der Waals surface area contributed by atoms with Gasteiger partial charge in [0, 0.05) is 16.3 Å². The average Bonchev–Trinajstić information content (AvgIpc) is 3.11. The summed E-state index contributed by atoms with van der Waals surface area (Å²) >= 11 is 6.02. The van der Waals surface area contributed by atoms with E-state index in [1.165, 1.54) is 0 Å². The van der Waals surface area contributed by atoms with Gasteiger partial charge in [-0.3, -0.25) is 4.79 Å². The predicted octanol–water partition coefficient (Wildman–Crippen LogP) is 5.17. The number of nitrogens with one attached hydrogen (secondary N) is 1. The Morgan fingerprint density at radius 3 is 2.70 bits per heavy atom. The Morgan fingerprint density at radius 1 is 1.04 bits per heavy atom. The lowest BCUT2D eigenvalue weighted by Crippen LogP contribution is -2.20. The van der Waals surface area contributed by atoms with Gasteiger partial charge in [0.25, 0.3) is 5.91 Å². The highest BCUT2D eigenvalue weighted by Crippen LogP contribution is 2.27. The number of hydrogen-bond donors (Lipinski definition) is 1. The minimum absolute atomic E-state index is 0.0748. The lowest BCUT2D eigenvalue weighted by molar-refractivity contribution is -0.118. The Bertz CT molecular complexity index is 1090. The number of amides is 1. The zero-order valence-electron chi connectivity index (χ0n) is 14.2. The highest BCUT2D eigenvalue weighted by Gasteiger charge is 2.10. The molecule has 1 heterocycles. The molecule has 0 aliphatic carbocycles. The molecule has 27 heavy (non-hydrogen) atoms. The van der Waals surface area contributed by atoms with Crippen molar-refractivity contribution < 1.29 is 13.9 Å². The van der Waals surface area contributed by atoms with E-state index in [0.717, 1.165) is 5.56 Å². The van der Waals surface area contributed by atoms with Gasteiger partial charge in [-0.1, -0.05) is 35.9 Å². The predicted molar refractivity (Wildman–Crippen MR) is 105 cm³/mol. The number of anilines is 1. The van der Waals surface area contributed by atoms with Gasteiger partial charge >= 0.3 is 0 Å². The average molecular weight is 379 g/mol. The molecule has 1 N–H and O–H groups in total. The van der Waals surface area contributed by atoms with E-state index in [4.69, 9.17) is 20.8 Å². The maximum Gasteiger partial charge on any atom is 0.262 e. The van der Waals surface area contributed by atoms with Crippen LogP contribution in [0.3, 0.4) is 0 Å². The number of benzene rings is 3. The summed E-state index contributed by atoms with van der Waals surface area (Å²) in [6.07, 6.45) is 0. The Labute approximate surface area is 160 Å². The zero-order chi connectivity index (χ0) is 18.6. The van der Waals surface area contributed by atoms with Crippen LogP contribution in [-0.4, -0.2) is 17.5 Å². The van der Waals surface area contributed by atoms with Crippen molar-refractivity contribution in [1.29, 1.82) is 0 Å². The fourth-order valence-electron chi connectivity index (χ4n) is 2.61. The minimum atomic E-state index is -0.253. The van der Waals surface area contributed by atoms with Crippen molar-refractivity contribution in [3.63, 3.8) is 0 Å². The molecule has 0 saturated carbocycles. The van der Waals surface area contributed by atoms with E-state index in [-0.39, 0.29) is 12.5 Å². The van der Waals surface area contributed by atoms with Gasteiger partial charge in [-0.25, -0.2) is 4.98 Å². The van der Waals surface area contributed by atoms with Crippen LogP contribution >= 0.6 is 11.6 Å². The second kappa shape index (κ2) is 7.51. The quantitative estimate of drug-likeness (QED) is 0.520. The molecule has 1 aromatic heterocycles. The number of fused-ring (bicyclic) bond motifs is 1. The van der Waals surface area contributed by atoms with Crippen molar-refractivity contribution in [1.82, 2.24) is 4.98 Å². The van der Waals surface area contributed by atoms with Gasteiger partial charge in [0.2, 0.25) is 5.89 Å². The third-order valence-corrected chi connectivity index (χ3v) is 4.09. The summed E-state index contributed by atoms with van der Waals surface area (Å²) in [5, 5.41) is 3.41. The van der Waals surface area contributed by atoms with Crippen molar-refractivity contribution >= 4 is 34.3 Å². The minimum Gasteiger partial charge on any atom is -0.484 e. The summed E-state index contributed by atoms with van der Waals surface area (Å²) in [5.74, 6) is 0.867. The molecule has 0 aliphatic heterocycles. The van der Waals surface area contributed by atoms with Crippen LogP contribution in [0.25, 0.3) is 22.6 Å². The zero-order valence-corrected chi connectivity index (χ0v) is 14.9. The van der Waals surface area contributed by atoms with Crippen LogP contribution < -0.4 is 10.1 Å². The molecular weight excluding hydrogens is 364 g/mol. The van der Waals surface area contributed by atoms with Gasteiger partial charge in [-0.15, -0.1) is 0 Å². The molecule has 1 amide bonds. The van der Waals surface area contributed by atoms with Crippen LogP contribution in [0.5, 0.6) is 5.75 Å². The van der Waals surface area contributed by atoms with E-state index >= 15 is 0 Å². The van der Waals surface area contributed by atoms with Gasteiger partial charge in [0.05, 0.1) is 0 Å². The first-order valence-electron chi connectivity index (χ1n) is 8.32. The summed E-state index contributed by atoms with van der Waals surface area (Å²) in [5.41, 5.74) is 2.69. The summed E-state index contributed by atoms with van der Waals surface area (Å²) in [4.78, 5) is 16.6. The normalized spacial score (nSPS) is 10.7. The number of halogens is 1. The number of para-hydroxylation sites is 1. The Morgan fingerprint density at radius 2 is 1.89 bits per heavy atom. The number of carbonyl (C=O) groups excluding carboxylic acids is 1. The van der Waals surface area contributed by atoms with Gasteiger partial charge < -0.3 is 14.5 Å². The van der Waals surface area contributed by atoms with E-state index in [1.54, 1.807) is 42.5 Å². The molecule has 0 bridgehead atoms. The summed E-state index contributed by atoms with van der Waals surface area (Å²) in [6.45, 7) is -0.0748. The summed E-state index contributed by atoms with van der Waals surface area (Å²) in [7, 11) is 0. The third kappa shape index (κ3) is 4.10. The van der Waals surface area contributed by atoms with E-state index < -0.39 is 0 Å². The molecule has 3 aromatic carbocycles. The largest absolute Gasteiger partial charge is 0.484 e. The molecule has 0 saturated heterocycles. The smallest absolute Gasteiger partial charge is 0.262 e. The lowest BCUT2D eigenvalue weighted by atomic mass is 10.2. The molecule has 4 aromatic rings. The van der Waals surface area contributed by atoms with E-state index in [9.17, 15) is 4.79 Å². The Kier molecular flexibility index (Phi) is 4.77. The number of rotatable bonds is 5. The van der Waals surface area contributed by atoms with Crippen molar-refractivity contribution in [2.75, 3.05) is 11.9 Å². The SMILES string of the molecule is O=C(COc1ccccc1)Nc1ccc2oc(-c3cccc(Cl)c3)nc2c1. The molecule has 4 rings (SSSR count). The van der Waals surface area contributed by atoms with Crippen LogP contribution in [0.2, 0.25) is 5.02 Å². The molecule has 0 spiro atoms. The molecule has 0 unspecified atom stereocenters. The number of ether oxygens (including phenoxy) is 1. The fraction of sp³-hybridized carbons (Fsp3) is 0.0476. The van der Waals surface area contributed by atoms with E-state index in [1.807, 2.05) is 30.3 Å². The monoisotopic (exact) mass is 378 g/mol. The Balaban J connectivity index is 1.47. The summed E-state index contributed by atoms with van der Waals surface area (Å²) < 4.78 is 11.2. The van der Waals surface area contributed by atoms with Crippen molar-refractivity contribution in [3.8, 4) is 17.2 Å². The number of carbonyl (C=O) groups is 1. The first-order valence-corrected chi connectivity index (χ1v) is 8.69. The van der Waals surface area contributed by atoms with Crippen molar-refractivity contribution in [3.05, 3.63) is 77.8 Å². The van der Waals surface area contributed by atoms with E-state index in [0.29, 0.717) is 33.4 Å². The number of aromatic nitrogens is 1. The molecular formula is C21H15ClN2O3. The highest BCUT2D eigenvalue weighted by atomic mass is 35.5. The highest BCUT2D eigenvalue weighted by molar-refractivity contribution is 6.30. The molecule has 0 aliphatic rings. The molecule has 134 valence electrons. The van der Waals surface area contributed by atoms with Crippen molar-refractivity contribution in [2.45, 2.75) is 0 Å². The summed E-state index contributed by atoms with van der Waals surface area (Å²) in [6, 6.07) is 21.8. The fourth-order valence-corrected chi connectivity index (χ4v) is 2.80. The molecule has 0 fully saturated rings. The first kappa shape index (κ1) is 17.1. The maximum atomic E-state index is 12.1. The van der Waals surface area contributed by atoms with Gasteiger partial charge in [-0.2, -0.15) is 0 Å². The Hall–Kier alpha value is -3.31. The molecule has 5 nitrogen and oxygen atoms in total. The van der Waals surface area contributed by atoms with Gasteiger partial charge in [-0.05, 0) is 48.5 Å². The van der Waals surface area contributed by atoms with Crippen LogP contribution in [0, 0.1) is 0 Å². The third-order valence-electron chi connectivity index (χ3n) is 3.86. The van der Waals surface area contributed by atoms with E-state index in [2.05, 4.69) is 10.3 Å². The van der Waals surface area contributed by atoms with Crippen LogP contribution in [0.1, 0.15) is 0 Å². The standard InChI is InChI=1S/C21H15ClN2O3/c22-15-6-4-5-14(11-15)21-24-18-12-16(9-10-19(18)27-21)23-20(25)13-26-17-7-2-1-3-8-17/h1-12H,13H2,(H,23,25). The number of nitrogens with zero attached hydrogens (tertiary/aromatic N) is 1. The molecule has 0 radical (unpaired) electrons. The number of oxazole rings is 1.